The lowest BCUT2D eigenvalue weighted by molar-refractivity contribution is -0.0498. The number of nitrogens with one attached hydrogen (secondary N) is 1. The van der Waals surface area contributed by atoms with Crippen LogP contribution in [0, 0.1) is 0 Å². The second-order valence-electron chi connectivity index (χ2n) is 4.39. The summed E-state index contributed by atoms with van der Waals surface area (Å²) in [7, 11) is 0. The molecule has 0 radical (unpaired) electrons. The van der Waals surface area contributed by atoms with Crippen LogP contribution in [0.1, 0.15) is 18.1 Å². The van der Waals surface area contributed by atoms with Gasteiger partial charge in [0.15, 0.2) is 0 Å². The lowest BCUT2D eigenvalue weighted by Gasteiger charge is -2.11. The van der Waals surface area contributed by atoms with E-state index in [4.69, 9.17) is 0 Å². The topological polar surface area (TPSA) is 21.3 Å². The molecule has 2 rings (SSSR count). The summed E-state index contributed by atoms with van der Waals surface area (Å²) in [5, 5.41) is 3.35. The Kier molecular flexibility index (Phi) is 4.93. The van der Waals surface area contributed by atoms with Crippen LogP contribution in [0.4, 0.5) is 14.5 Å². The molecule has 4 heteroatoms. The summed E-state index contributed by atoms with van der Waals surface area (Å²) in [5.74, 6) is 0.178. The summed E-state index contributed by atoms with van der Waals surface area (Å²) >= 11 is 0. The van der Waals surface area contributed by atoms with Crippen molar-refractivity contribution in [3.8, 4) is 5.75 Å². The maximum absolute atomic E-state index is 12.0. The number of benzene rings is 2. The van der Waals surface area contributed by atoms with Crippen molar-refractivity contribution in [1.82, 2.24) is 0 Å². The molecule has 0 unspecified atom stereocenters. The molecule has 0 spiro atoms. The molecule has 0 saturated carbocycles. The van der Waals surface area contributed by atoms with Gasteiger partial charge in [-0.05, 0) is 35.7 Å². The molecule has 0 saturated heterocycles. The Morgan fingerprint density at radius 3 is 2.40 bits per heavy atom. The average molecular weight is 277 g/mol. The number of ether oxygens (including phenoxy) is 1. The van der Waals surface area contributed by atoms with Gasteiger partial charge in [-0.1, -0.05) is 37.3 Å². The van der Waals surface area contributed by atoms with Crippen LogP contribution in [0.3, 0.4) is 0 Å². The van der Waals surface area contributed by atoms with Crippen LogP contribution in [0.25, 0.3) is 0 Å². The van der Waals surface area contributed by atoms with Crippen molar-refractivity contribution in [1.29, 1.82) is 0 Å². The van der Waals surface area contributed by atoms with E-state index in [-0.39, 0.29) is 5.75 Å². The normalized spacial score (nSPS) is 10.6. The minimum absolute atomic E-state index is 0.178. The van der Waals surface area contributed by atoms with Gasteiger partial charge in [0, 0.05) is 12.2 Å². The summed E-state index contributed by atoms with van der Waals surface area (Å²) in [6.07, 6.45) is 0.963. The Labute approximate surface area is 117 Å². The van der Waals surface area contributed by atoms with E-state index in [0.717, 1.165) is 17.7 Å². The smallest absolute Gasteiger partial charge is 0.387 e. The van der Waals surface area contributed by atoms with Gasteiger partial charge in [0.25, 0.3) is 0 Å². The largest absolute Gasteiger partial charge is 0.435 e. The molecule has 0 aromatic heterocycles. The molecule has 0 aliphatic rings. The summed E-state index contributed by atoms with van der Waals surface area (Å²) < 4.78 is 28.4. The molecule has 0 fully saturated rings. The van der Waals surface area contributed by atoms with E-state index in [1.807, 2.05) is 18.2 Å². The fraction of sp³-hybridized carbons (Fsp3) is 0.250. The predicted octanol–water partition coefficient (Wildman–Crippen LogP) is 4.46. The van der Waals surface area contributed by atoms with Gasteiger partial charge in [-0.25, -0.2) is 0 Å². The third kappa shape index (κ3) is 3.95. The molecule has 2 aromatic rings. The van der Waals surface area contributed by atoms with Crippen LogP contribution in [-0.4, -0.2) is 6.61 Å². The number of aryl methyl sites for hydroxylation is 1. The Morgan fingerprint density at radius 2 is 1.75 bits per heavy atom. The highest BCUT2D eigenvalue weighted by Gasteiger charge is 2.04. The SMILES string of the molecule is CCc1ccccc1NCc1ccc(OC(F)F)cc1. The van der Waals surface area contributed by atoms with Gasteiger partial charge in [0.1, 0.15) is 5.75 Å². The zero-order valence-corrected chi connectivity index (χ0v) is 11.3. The predicted molar refractivity (Wildman–Crippen MR) is 76.2 cm³/mol. The van der Waals surface area contributed by atoms with Crippen molar-refractivity contribution >= 4 is 5.69 Å². The second kappa shape index (κ2) is 6.89. The highest BCUT2D eigenvalue weighted by Crippen LogP contribution is 2.18. The van der Waals surface area contributed by atoms with Crippen LogP contribution in [0.2, 0.25) is 0 Å². The molecular formula is C16H17F2NO. The molecule has 20 heavy (non-hydrogen) atoms. The monoisotopic (exact) mass is 277 g/mol. The number of anilines is 1. The van der Waals surface area contributed by atoms with Crippen LogP contribution >= 0.6 is 0 Å². The lowest BCUT2D eigenvalue weighted by atomic mass is 10.1. The van der Waals surface area contributed by atoms with Crippen LogP contribution in [0.15, 0.2) is 48.5 Å². The molecule has 106 valence electrons. The quantitative estimate of drug-likeness (QED) is 0.841. The van der Waals surface area contributed by atoms with E-state index in [2.05, 4.69) is 23.0 Å². The fourth-order valence-electron chi connectivity index (χ4n) is 1.99. The molecule has 0 bridgehead atoms. The van der Waals surface area contributed by atoms with E-state index in [1.165, 1.54) is 5.56 Å². The van der Waals surface area contributed by atoms with E-state index in [9.17, 15) is 8.78 Å². The van der Waals surface area contributed by atoms with Crippen LogP contribution in [0.5, 0.6) is 5.75 Å². The van der Waals surface area contributed by atoms with Gasteiger partial charge in [0.2, 0.25) is 0 Å². The first-order valence-electron chi connectivity index (χ1n) is 6.54. The average Bonchev–Trinajstić information content (AvgIpc) is 2.46. The standard InChI is InChI=1S/C16H17F2NO/c1-2-13-5-3-4-6-15(13)19-11-12-7-9-14(10-8-12)20-16(17)18/h3-10,16,19H,2,11H2,1H3. The summed E-state index contributed by atoms with van der Waals surface area (Å²) in [6, 6.07) is 14.8. The third-order valence-corrected chi connectivity index (χ3v) is 3.03. The summed E-state index contributed by atoms with van der Waals surface area (Å²) in [6.45, 7) is -0.0291. The first-order valence-corrected chi connectivity index (χ1v) is 6.54. The highest BCUT2D eigenvalue weighted by molar-refractivity contribution is 5.51. The number of alkyl halides is 2. The zero-order chi connectivity index (χ0) is 14.4. The van der Waals surface area contributed by atoms with Crippen molar-refractivity contribution in [3.05, 3.63) is 59.7 Å². The molecule has 0 aliphatic heterocycles. The van der Waals surface area contributed by atoms with Crippen molar-refractivity contribution in [2.75, 3.05) is 5.32 Å². The molecule has 0 atom stereocenters. The van der Waals surface area contributed by atoms with Crippen molar-refractivity contribution < 1.29 is 13.5 Å². The number of rotatable bonds is 6. The van der Waals surface area contributed by atoms with Crippen LogP contribution < -0.4 is 10.1 Å². The number of para-hydroxylation sites is 1. The molecule has 0 heterocycles. The molecule has 2 aromatic carbocycles. The summed E-state index contributed by atoms with van der Waals surface area (Å²) in [5.41, 5.74) is 3.37. The number of hydrogen-bond acceptors (Lipinski definition) is 2. The summed E-state index contributed by atoms with van der Waals surface area (Å²) in [4.78, 5) is 0. The molecule has 0 amide bonds. The van der Waals surface area contributed by atoms with E-state index >= 15 is 0 Å². The first kappa shape index (κ1) is 14.3. The maximum atomic E-state index is 12.0. The Morgan fingerprint density at radius 1 is 1.05 bits per heavy atom. The molecular weight excluding hydrogens is 260 g/mol. The maximum Gasteiger partial charge on any atom is 0.387 e. The first-order chi connectivity index (χ1) is 9.69. The van der Waals surface area contributed by atoms with Gasteiger partial charge < -0.3 is 10.1 Å². The fourth-order valence-corrected chi connectivity index (χ4v) is 1.99. The van der Waals surface area contributed by atoms with E-state index in [1.54, 1.807) is 24.3 Å². The van der Waals surface area contributed by atoms with E-state index in [0.29, 0.717) is 6.54 Å². The van der Waals surface area contributed by atoms with Gasteiger partial charge >= 0.3 is 6.61 Å². The van der Waals surface area contributed by atoms with Crippen molar-refractivity contribution in [2.45, 2.75) is 26.5 Å². The highest BCUT2D eigenvalue weighted by atomic mass is 19.3. The number of halogens is 2. The zero-order valence-electron chi connectivity index (χ0n) is 11.3. The molecule has 1 N–H and O–H groups in total. The van der Waals surface area contributed by atoms with Gasteiger partial charge in [0.05, 0.1) is 0 Å². The Hall–Kier alpha value is -2.10. The van der Waals surface area contributed by atoms with E-state index < -0.39 is 6.61 Å². The Bertz CT molecular complexity index is 540. The minimum atomic E-state index is -2.78. The van der Waals surface area contributed by atoms with Crippen LogP contribution in [-0.2, 0) is 13.0 Å². The van der Waals surface area contributed by atoms with Crippen molar-refractivity contribution in [2.24, 2.45) is 0 Å². The van der Waals surface area contributed by atoms with Gasteiger partial charge in [-0.15, -0.1) is 0 Å². The van der Waals surface area contributed by atoms with Crippen molar-refractivity contribution in [3.63, 3.8) is 0 Å². The second-order valence-corrected chi connectivity index (χ2v) is 4.39. The molecule has 0 aliphatic carbocycles. The van der Waals surface area contributed by atoms with Gasteiger partial charge in [-0.3, -0.25) is 0 Å². The third-order valence-electron chi connectivity index (χ3n) is 3.03. The Balaban J connectivity index is 1.97. The molecule has 2 nitrogen and oxygen atoms in total. The minimum Gasteiger partial charge on any atom is -0.435 e. The lowest BCUT2D eigenvalue weighted by Crippen LogP contribution is -2.03. The van der Waals surface area contributed by atoms with Gasteiger partial charge in [-0.2, -0.15) is 8.78 Å². The number of hydrogen-bond donors (Lipinski definition) is 1.